The summed E-state index contributed by atoms with van der Waals surface area (Å²) < 4.78 is 39.8. The van der Waals surface area contributed by atoms with Gasteiger partial charge in [0.25, 0.3) is 10.0 Å². The molecule has 0 bridgehead atoms. The largest absolute Gasteiger partial charge is 0.478 e. The monoisotopic (exact) mass is 353 g/mol. The predicted octanol–water partition coefficient (Wildman–Crippen LogP) is 2.69. The standard InChI is InChI=1S/C16H16FNO5S/c1-9-13(10(2)19)7-8-14(15(9)16(20)21)18-24(22,23)12-5-3-11(17)4-6-12/h3-8,10,18-19H,1-2H3,(H,20,21). The van der Waals surface area contributed by atoms with Crippen LogP contribution in [0.4, 0.5) is 10.1 Å². The van der Waals surface area contributed by atoms with Crippen molar-refractivity contribution >= 4 is 21.7 Å². The fourth-order valence-corrected chi connectivity index (χ4v) is 3.43. The first-order valence-electron chi connectivity index (χ1n) is 6.96. The van der Waals surface area contributed by atoms with Crippen LogP contribution in [0.25, 0.3) is 0 Å². The zero-order valence-electron chi connectivity index (χ0n) is 12.9. The number of benzene rings is 2. The van der Waals surface area contributed by atoms with Gasteiger partial charge in [-0.1, -0.05) is 6.07 Å². The molecule has 0 aromatic heterocycles. The number of hydrogen-bond acceptors (Lipinski definition) is 4. The number of aliphatic hydroxyl groups is 1. The van der Waals surface area contributed by atoms with E-state index in [2.05, 4.69) is 4.72 Å². The van der Waals surface area contributed by atoms with Crippen molar-refractivity contribution < 1.29 is 27.8 Å². The van der Waals surface area contributed by atoms with E-state index < -0.39 is 27.9 Å². The molecular formula is C16H16FNO5S. The van der Waals surface area contributed by atoms with Gasteiger partial charge >= 0.3 is 5.97 Å². The number of aromatic carboxylic acids is 1. The molecule has 3 N–H and O–H groups in total. The van der Waals surface area contributed by atoms with E-state index in [4.69, 9.17) is 0 Å². The molecule has 2 aromatic carbocycles. The van der Waals surface area contributed by atoms with Crippen molar-refractivity contribution in [1.82, 2.24) is 0 Å². The van der Waals surface area contributed by atoms with Gasteiger partial charge < -0.3 is 10.2 Å². The highest BCUT2D eigenvalue weighted by Crippen LogP contribution is 2.28. The molecule has 1 unspecified atom stereocenters. The predicted molar refractivity (Wildman–Crippen MR) is 86.0 cm³/mol. The number of anilines is 1. The molecule has 0 radical (unpaired) electrons. The van der Waals surface area contributed by atoms with Gasteiger partial charge in [-0.15, -0.1) is 0 Å². The van der Waals surface area contributed by atoms with Gasteiger partial charge in [0.2, 0.25) is 0 Å². The molecule has 128 valence electrons. The van der Waals surface area contributed by atoms with Crippen LogP contribution in [-0.4, -0.2) is 24.6 Å². The molecule has 0 saturated heterocycles. The van der Waals surface area contributed by atoms with Crippen molar-refractivity contribution in [3.63, 3.8) is 0 Å². The molecular weight excluding hydrogens is 337 g/mol. The third-order valence-electron chi connectivity index (χ3n) is 3.54. The van der Waals surface area contributed by atoms with Crippen LogP contribution in [0.15, 0.2) is 41.3 Å². The van der Waals surface area contributed by atoms with Gasteiger partial charge in [-0.2, -0.15) is 0 Å². The second-order valence-electron chi connectivity index (χ2n) is 5.24. The third kappa shape index (κ3) is 3.55. The molecule has 0 aliphatic carbocycles. The molecule has 0 heterocycles. The second kappa shape index (κ2) is 6.58. The van der Waals surface area contributed by atoms with Crippen molar-refractivity contribution in [2.24, 2.45) is 0 Å². The summed E-state index contributed by atoms with van der Waals surface area (Å²) in [5.74, 6) is -1.91. The Morgan fingerprint density at radius 1 is 1.17 bits per heavy atom. The molecule has 0 aliphatic rings. The van der Waals surface area contributed by atoms with Crippen LogP contribution in [-0.2, 0) is 10.0 Å². The Bertz CT molecular complexity index is 876. The Morgan fingerprint density at radius 3 is 2.25 bits per heavy atom. The average Bonchev–Trinajstić information content (AvgIpc) is 2.46. The van der Waals surface area contributed by atoms with Crippen LogP contribution in [0.1, 0.15) is 34.5 Å². The van der Waals surface area contributed by atoms with E-state index in [1.807, 2.05) is 0 Å². The van der Waals surface area contributed by atoms with E-state index in [1.165, 1.54) is 26.0 Å². The Balaban J connectivity index is 2.51. The Morgan fingerprint density at radius 2 is 1.75 bits per heavy atom. The summed E-state index contributed by atoms with van der Waals surface area (Å²) >= 11 is 0. The molecule has 0 aliphatic heterocycles. The first-order chi connectivity index (χ1) is 11.1. The molecule has 24 heavy (non-hydrogen) atoms. The minimum absolute atomic E-state index is 0.131. The first-order valence-corrected chi connectivity index (χ1v) is 8.45. The summed E-state index contributed by atoms with van der Waals surface area (Å²) in [7, 11) is -4.08. The normalized spacial score (nSPS) is 12.7. The van der Waals surface area contributed by atoms with Crippen LogP contribution in [0.2, 0.25) is 0 Å². The maximum absolute atomic E-state index is 12.9. The fourth-order valence-electron chi connectivity index (χ4n) is 2.36. The van der Waals surface area contributed by atoms with E-state index in [0.717, 1.165) is 24.3 Å². The molecule has 2 rings (SSSR count). The highest BCUT2D eigenvalue weighted by atomic mass is 32.2. The summed E-state index contributed by atoms with van der Waals surface area (Å²) in [5.41, 5.74) is 0.266. The molecule has 6 nitrogen and oxygen atoms in total. The van der Waals surface area contributed by atoms with Crippen LogP contribution in [0.3, 0.4) is 0 Å². The number of halogens is 1. The van der Waals surface area contributed by atoms with Crippen LogP contribution in [0, 0.1) is 12.7 Å². The van der Waals surface area contributed by atoms with Gasteiger partial charge in [-0.3, -0.25) is 4.72 Å². The molecule has 0 spiro atoms. The van der Waals surface area contributed by atoms with E-state index in [9.17, 15) is 27.8 Å². The highest BCUT2D eigenvalue weighted by molar-refractivity contribution is 7.92. The van der Waals surface area contributed by atoms with E-state index >= 15 is 0 Å². The number of carboxylic acid groups (broad SMARTS) is 1. The SMILES string of the molecule is Cc1c(C(C)O)ccc(NS(=O)(=O)c2ccc(F)cc2)c1C(=O)O. The Kier molecular flexibility index (Phi) is 4.91. The van der Waals surface area contributed by atoms with E-state index in [-0.39, 0.29) is 21.7 Å². The van der Waals surface area contributed by atoms with Crippen molar-refractivity contribution in [2.75, 3.05) is 4.72 Å². The van der Waals surface area contributed by atoms with Gasteiger partial charge in [-0.05, 0) is 55.3 Å². The van der Waals surface area contributed by atoms with Crippen molar-refractivity contribution in [3.05, 3.63) is 58.9 Å². The number of hydrogen-bond donors (Lipinski definition) is 3. The average molecular weight is 353 g/mol. The number of carboxylic acids is 1. The Labute approximate surface area is 138 Å². The number of sulfonamides is 1. The van der Waals surface area contributed by atoms with Crippen LogP contribution in [0.5, 0.6) is 0 Å². The molecule has 1 atom stereocenters. The minimum atomic E-state index is -4.08. The van der Waals surface area contributed by atoms with Gasteiger partial charge in [-0.25, -0.2) is 17.6 Å². The maximum Gasteiger partial charge on any atom is 0.338 e. The van der Waals surface area contributed by atoms with Crippen molar-refractivity contribution in [1.29, 1.82) is 0 Å². The number of aliphatic hydroxyl groups excluding tert-OH is 1. The molecule has 0 fully saturated rings. The molecule has 2 aromatic rings. The zero-order chi connectivity index (χ0) is 18.1. The van der Waals surface area contributed by atoms with E-state index in [0.29, 0.717) is 5.56 Å². The van der Waals surface area contributed by atoms with Gasteiger partial charge in [0.15, 0.2) is 0 Å². The first kappa shape index (κ1) is 17.9. The summed E-state index contributed by atoms with van der Waals surface area (Å²) in [6, 6.07) is 6.88. The minimum Gasteiger partial charge on any atom is -0.478 e. The topological polar surface area (TPSA) is 104 Å². The lowest BCUT2D eigenvalue weighted by Crippen LogP contribution is -2.17. The van der Waals surface area contributed by atoms with Crippen molar-refractivity contribution in [3.8, 4) is 0 Å². The number of rotatable bonds is 5. The van der Waals surface area contributed by atoms with Gasteiger partial charge in [0.05, 0.1) is 22.3 Å². The zero-order valence-corrected chi connectivity index (χ0v) is 13.8. The summed E-state index contributed by atoms with van der Waals surface area (Å²) in [4.78, 5) is 11.3. The maximum atomic E-state index is 12.9. The van der Waals surface area contributed by atoms with Crippen LogP contribution < -0.4 is 4.72 Å². The summed E-state index contributed by atoms with van der Waals surface area (Å²) in [5, 5.41) is 19.1. The molecule has 0 amide bonds. The quantitative estimate of drug-likeness (QED) is 0.767. The molecule has 8 heteroatoms. The lowest BCUT2D eigenvalue weighted by molar-refractivity contribution is 0.0697. The van der Waals surface area contributed by atoms with E-state index in [1.54, 1.807) is 0 Å². The van der Waals surface area contributed by atoms with Gasteiger partial charge in [0, 0.05) is 0 Å². The summed E-state index contributed by atoms with van der Waals surface area (Å²) in [6.07, 6.45) is -0.897. The lowest BCUT2D eigenvalue weighted by atomic mass is 9.97. The third-order valence-corrected chi connectivity index (χ3v) is 4.92. The Hall–Kier alpha value is -2.45. The fraction of sp³-hybridized carbons (Fsp3) is 0.188. The van der Waals surface area contributed by atoms with Gasteiger partial charge in [0.1, 0.15) is 5.82 Å². The lowest BCUT2D eigenvalue weighted by Gasteiger charge is -2.16. The molecule has 0 saturated carbocycles. The highest BCUT2D eigenvalue weighted by Gasteiger charge is 2.22. The summed E-state index contributed by atoms with van der Waals surface area (Å²) in [6.45, 7) is 2.97. The second-order valence-corrected chi connectivity index (χ2v) is 6.93. The smallest absolute Gasteiger partial charge is 0.338 e. The van der Waals surface area contributed by atoms with Crippen molar-refractivity contribution in [2.45, 2.75) is 24.8 Å². The van der Waals surface area contributed by atoms with Crippen LogP contribution >= 0.6 is 0 Å². The number of carbonyl (C=O) groups is 1. The number of nitrogens with one attached hydrogen (secondary N) is 1.